The van der Waals surface area contributed by atoms with Gasteiger partial charge in [0, 0.05) is 12.0 Å². The van der Waals surface area contributed by atoms with Crippen LogP contribution in [0.2, 0.25) is 0 Å². The Morgan fingerprint density at radius 3 is 1.95 bits per heavy atom. The number of piperidine rings is 1. The highest BCUT2D eigenvalue weighted by Gasteiger charge is 2.35. The number of hydrogen-bond donors (Lipinski definition) is 2. The van der Waals surface area contributed by atoms with Gasteiger partial charge in [-0.2, -0.15) is 0 Å². The average molecular weight is 610 g/mol. The number of rotatable bonds is 11. The van der Waals surface area contributed by atoms with Gasteiger partial charge in [-0.3, -0.25) is 4.79 Å². The number of halogens is 3. The zero-order chi connectivity index (χ0) is 31.7. The second kappa shape index (κ2) is 14.8. The van der Waals surface area contributed by atoms with E-state index in [0.717, 1.165) is 55.6 Å². The predicted octanol–water partition coefficient (Wildman–Crippen LogP) is 6.69. The van der Waals surface area contributed by atoms with Gasteiger partial charge < -0.3 is 20.3 Å². The molecule has 0 radical (unpaired) electrons. The van der Waals surface area contributed by atoms with E-state index in [2.05, 4.69) is 15.5 Å². The average Bonchev–Trinajstić information content (AvgIpc) is 2.99. The minimum atomic E-state index is -0.797. The van der Waals surface area contributed by atoms with E-state index >= 15 is 0 Å². The Hall–Kier alpha value is -3.85. The molecule has 3 aromatic carbocycles. The molecule has 1 saturated heterocycles. The summed E-state index contributed by atoms with van der Waals surface area (Å²) >= 11 is 0. The van der Waals surface area contributed by atoms with Crippen molar-refractivity contribution in [1.82, 2.24) is 15.5 Å². The highest BCUT2D eigenvalue weighted by Crippen LogP contribution is 2.37. The van der Waals surface area contributed by atoms with E-state index in [1.54, 1.807) is 51.1 Å². The smallest absolute Gasteiger partial charge is 0.408 e. The Kier molecular flexibility index (Phi) is 11.1. The summed E-state index contributed by atoms with van der Waals surface area (Å²) in [4.78, 5) is 27.3. The fourth-order valence-electron chi connectivity index (χ4n) is 5.94. The third-order valence-corrected chi connectivity index (χ3v) is 8.18. The third-order valence-electron chi connectivity index (χ3n) is 8.18. The summed E-state index contributed by atoms with van der Waals surface area (Å²) in [6.45, 7) is 7.52. The summed E-state index contributed by atoms with van der Waals surface area (Å²) in [7, 11) is 0. The van der Waals surface area contributed by atoms with Crippen LogP contribution in [-0.4, -0.2) is 55.2 Å². The van der Waals surface area contributed by atoms with Gasteiger partial charge in [0.25, 0.3) is 0 Å². The highest BCUT2D eigenvalue weighted by molar-refractivity contribution is 5.82. The van der Waals surface area contributed by atoms with Crippen LogP contribution in [0.4, 0.5) is 18.0 Å². The van der Waals surface area contributed by atoms with Crippen molar-refractivity contribution in [3.63, 3.8) is 0 Å². The van der Waals surface area contributed by atoms with E-state index < -0.39 is 23.0 Å². The SMILES string of the molecule is CC(C)(C)OC(=O)NCC(=O)NCC(CCCN1CCC(c2ccccc2F)CC1)(c1ccc(F)cc1)c1ccc(F)cc1. The molecule has 0 aliphatic carbocycles. The molecule has 44 heavy (non-hydrogen) atoms. The lowest BCUT2D eigenvalue weighted by Gasteiger charge is -2.37. The molecule has 0 spiro atoms. The maximum absolute atomic E-state index is 14.3. The molecule has 0 unspecified atom stereocenters. The first kappa shape index (κ1) is 33.1. The van der Waals surface area contributed by atoms with Crippen LogP contribution in [-0.2, 0) is 14.9 Å². The molecule has 1 aliphatic rings. The molecule has 236 valence electrons. The van der Waals surface area contributed by atoms with Crippen molar-refractivity contribution >= 4 is 12.0 Å². The van der Waals surface area contributed by atoms with E-state index in [4.69, 9.17) is 4.74 Å². The second-order valence-corrected chi connectivity index (χ2v) is 12.5. The normalized spacial score (nSPS) is 14.7. The molecule has 1 aliphatic heterocycles. The standard InChI is InChI=1S/C35H42F3N3O3/c1-34(2,3)44-33(43)39-23-32(42)40-24-35(26-9-13-28(36)14-10-26,27-11-15-29(37)16-12-27)19-6-20-41-21-17-25(18-22-41)30-7-4-5-8-31(30)38/h4-5,7-16,25H,6,17-24H2,1-3H3,(H,39,43)(H,40,42). The Bertz CT molecular complexity index is 1340. The summed E-state index contributed by atoms with van der Waals surface area (Å²) in [5.74, 6) is -1.15. The number of nitrogens with zero attached hydrogens (tertiary/aromatic N) is 1. The zero-order valence-electron chi connectivity index (χ0n) is 25.7. The minimum Gasteiger partial charge on any atom is -0.444 e. The topological polar surface area (TPSA) is 70.7 Å². The number of carbonyl (C=O) groups is 2. The fourth-order valence-corrected chi connectivity index (χ4v) is 5.94. The van der Waals surface area contributed by atoms with E-state index in [-0.39, 0.29) is 36.5 Å². The lowest BCUT2D eigenvalue weighted by Crippen LogP contribution is -2.46. The maximum atomic E-state index is 14.3. The molecule has 1 heterocycles. The summed E-state index contributed by atoms with van der Waals surface area (Å²) < 4.78 is 47.6. The van der Waals surface area contributed by atoms with E-state index in [1.807, 2.05) is 12.1 Å². The van der Waals surface area contributed by atoms with Crippen LogP contribution in [0, 0.1) is 17.5 Å². The molecule has 0 saturated carbocycles. The number of amides is 2. The van der Waals surface area contributed by atoms with E-state index in [0.29, 0.717) is 6.42 Å². The zero-order valence-corrected chi connectivity index (χ0v) is 25.7. The number of nitrogens with one attached hydrogen (secondary N) is 2. The first-order chi connectivity index (χ1) is 20.9. The number of benzene rings is 3. The number of ether oxygens (including phenoxy) is 1. The number of likely N-dealkylation sites (tertiary alicyclic amines) is 1. The summed E-state index contributed by atoms with van der Waals surface area (Å²) in [5, 5.41) is 5.41. The molecule has 4 rings (SSSR count). The van der Waals surface area contributed by atoms with Crippen molar-refractivity contribution in [3.8, 4) is 0 Å². The molecule has 1 fully saturated rings. The van der Waals surface area contributed by atoms with Gasteiger partial charge in [-0.05, 0) is 119 Å². The van der Waals surface area contributed by atoms with Crippen molar-refractivity contribution in [3.05, 3.63) is 107 Å². The van der Waals surface area contributed by atoms with Crippen molar-refractivity contribution in [1.29, 1.82) is 0 Å². The summed E-state index contributed by atoms with van der Waals surface area (Å²) in [6, 6.07) is 19.3. The van der Waals surface area contributed by atoms with Crippen LogP contribution in [0.3, 0.4) is 0 Å². The van der Waals surface area contributed by atoms with Crippen molar-refractivity contribution in [2.24, 2.45) is 0 Å². The van der Waals surface area contributed by atoms with Gasteiger partial charge in [0.2, 0.25) is 5.91 Å². The maximum Gasteiger partial charge on any atom is 0.408 e. The van der Waals surface area contributed by atoms with Gasteiger partial charge in [0.15, 0.2) is 0 Å². The predicted molar refractivity (Wildman–Crippen MR) is 165 cm³/mol. The van der Waals surface area contributed by atoms with Gasteiger partial charge in [0.05, 0.1) is 6.54 Å². The summed E-state index contributed by atoms with van der Waals surface area (Å²) in [6.07, 6.45) is 2.35. The Balaban J connectivity index is 1.48. The van der Waals surface area contributed by atoms with Crippen LogP contribution in [0.25, 0.3) is 0 Å². The van der Waals surface area contributed by atoms with Gasteiger partial charge in [-0.1, -0.05) is 42.5 Å². The molecule has 6 nitrogen and oxygen atoms in total. The molecule has 0 aromatic heterocycles. The molecule has 0 atom stereocenters. The fraction of sp³-hybridized carbons (Fsp3) is 0.429. The number of alkyl carbamates (subject to hydrolysis) is 1. The van der Waals surface area contributed by atoms with E-state index in [9.17, 15) is 22.8 Å². The van der Waals surface area contributed by atoms with Crippen LogP contribution in [0.15, 0.2) is 72.8 Å². The van der Waals surface area contributed by atoms with E-state index in [1.165, 1.54) is 30.3 Å². The Labute approximate surface area is 258 Å². The van der Waals surface area contributed by atoms with Crippen LogP contribution in [0.5, 0.6) is 0 Å². The monoisotopic (exact) mass is 609 g/mol. The minimum absolute atomic E-state index is 0.147. The molecule has 0 bridgehead atoms. The Morgan fingerprint density at radius 1 is 0.841 bits per heavy atom. The summed E-state index contributed by atoms with van der Waals surface area (Å²) in [5.41, 5.74) is 0.839. The largest absolute Gasteiger partial charge is 0.444 e. The lowest BCUT2D eigenvalue weighted by atomic mass is 9.71. The quantitative estimate of drug-likeness (QED) is 0.254. The van der Waals surface area contributed by atoms with Crippen LogP contribution >= 0.6 is 0 Å². The first-order valence-corrected chi connectivity index (χ1v) is 15.2. The van der Waals surface area contributed by atoms with Crippen molar-refractivity contribution in [2.45, 2.75) is 63.4 Å². The van der Waals surface area contributed by atoms with Crippen molar-refractivity contribution in [2.75, 3.05) is 32.7 Å². The van der Waals surface area contributed by atoms with Gasteiger partial charge in [-0.15, -0.1) is 0 Å². The van der Waals surface area contributed by atoms with Gasteiger partial charge >= 0.3 is 6.09 Å². The van der Waals surface area contributed by atoms with Gasteiger partial charge in [0.1, 0.15) is 23.1 Å². The molecule has 2 N–H and O–H groups in total. The van der Waals surface area contributed by atoms with Gasteiger partial charge in [-0.25, -0.2) is 18.0 Å². The lowest BCUT2D eigenvalue weighted by molar-refractivity contribution is -0.120. The molecular formula is C35H42F3N3O3. The number of carbonyl (C=O) groups excluding carboxylic acids is 2. The second-order valence-electron chi connectivity index (χ2n) is 12.5. The van der Waals surface area contributed by atoms with Crippen LogP contribution in [0.1, 0.15) is 69.1 Å². The Morgan fingerprint density at radius 2 is 1.41 bits per heavy atom. The molecular weight excluding hydrogens is 567 g/mol. The first-order valence-electron chi connectivity index (χ1n) is 15.2. The molecule has 9 heteroatoms. The van der Waals surface area contributed by atoms with Crippen LogP contribution < -0.4 is 10.6 Å². The third kappa shape index (κ3) is 9.08. The molecule has 2 amide bonds. The number of hydrogen-bond acceptors (Lipinski definition) is 4. The highest BCUT2D eigenvalue weighted by atomic mass is 19.1. The van der Waals surface area contributed by atoms with Crippen molar-refractivity contribution < 1.29 is 27.5 Å². The molecule has 3 aromatic rings.